The van der Waals surface area contributed by atoms with Gasteiger partial charge in [0.2, 0.25) is 0 Å². The lowest BCUT2D eigenvalue weighted by atomic mass is 10.1. The molecule has 4 heteroatoms. The van der Waals surface area contributed by atoms with Gasteiger partial charge >= 0.3 is 0 Å². The molecule has 0 bridgehead atoms. The van der Waals surface area contributed by atoms with Gasteiger partial charge in [-0.3, -0.25) is 4.79 Å². The van der Waals surface area contributed by atoms with Crippen LogP contribution in [0.2, 0.25) is 0 Å². The molecule has 1 aromatic heterocycles. The Kier molecular flexibility index (Phi) is 5.06. The predicted octanol–water partition coefficient (Wildman–Crippen LogP) is 4.46. The lowest BCUT2D eigenvalue weighted by Gasteiger charge is -2.12. The van der Waals surface area contributed by atoms with Gasteiger partial charge in [-0.25, -0.2) is 0 Å². The Labute approximate surface area is 140 Å². The van der Waals surface area contributed by atoms with E-state index in [0.29, 0.717) is 12.1 Å². The Hall–Kier alpha value is -2.59. The maximum absolute atomic E-state index is 12.4. The molecule has 1 heterocycles. The van der Waals surface area contributed by atoms with Crippen molar-refractivity contribution in [1.82, 2.24) is 5.32 Å². The quantitative estimate of drug-likeness (QED) is 0.703. The van der Waals surface area contributed by atoms with E-state index in [0.717, 1.165) is 17.8 Å². The van der Waals surface area contributed by atoms with Gasteiger partial charge in [0.25, 0.3) is 5.91 Å². The molecule has 1 amide bonds. The van der Waals surface area contributed by atoms with Crippen molar-refractivity contribution in [1.29, 1.82) is 0 Å². The highest BCUT2D eigenvalue weighted by molar-refractivity contribution is 7.09. The van der Waals surface area contributed by atoms with Gasteiger partial charge in [-0.2, -0.15) is 0 Å². The number of benzene rings is 2. The average molecular weight is 322 g/mol. The van der Waals surface area contributed by atoms with Crippen LogP contribution in [0.15, 0.2) is 72.1 Å². The monoisotopic (exact) mass is 322 g/mol. The number of nitrogens with one attached hydrogen (secondary N) is 2. The molecule has 0 radical (unpaired) electrons. The summed E-state index contributed by atoms with van der Waals surface area (Å²) >= 11 is 1.71. The first-order chi connectivity index (χ1) is 11.3. The third-order valence-corrected chi connectivity index (χ3v) is 4.40. The van der Waals surface area contributed by atoms with Crippen LogP contribution in [0, 0.1) is 0 Å². The number of rotatable bonds is 6. The zero-order valence-corrected chi connectivity index (χ0v) is 13.5. The van der Waals surface area contributed by atoms with Crippen LogP contribution in [0.25, 0.3) is 0 Å². The van der Waals surface area contributed by atoms with Crippen LogP contribution < -0.4 is 10.6 Å². The van der Waals surface area contributed by atoms with Crippen molar-refractivity contribution in [3.05, 3.63) is 82.6 Å². The molecular weight excluding hydrogens is 304 g/mol. The second-order valence-corrected chi connectivity index (χ2v) is 6.15. The van der Waals surface area contributed by atoms with E-state index < -0.39 is 0 Å². The van der Waals surface area contributed by atoms with Crippen molar-refractivity contribution >= 4 is 28.6 Å². The van der Waals surface area contributed by atoms with Gasteiger partial charge in [-0.15, -0.1) is 11.3 Å². The summed E-state index contributed by atoms with van der Waals surface area (Å²) < 4.78 is 0. The molecule has 3 rings (SSSR count). The van der Waals surface area contributed by atoms with E-state index in [9.17, 15) is 4.79 Å². The molecule has 2 N–H and O–H groups in total. The van der Waals surface area contributed by atoms with Crippen LogP contribution in [-0.2, 0) is 6.42 Å². The topological polar surface area (TPSA) is 41.1 Å². The molecule has 0 spiro atoms. The number of hydrogen-bond donors (Lipinski definition) is 2. The maximum atomic E-state index is 12.4. The van der Waals surface area contributed by atoms with Crippen LogP contribution in [0.4, 0.5) is 11.4 Å². The van der Waals surface area contributed by atoms with Crippen molar-refractivity contribution in [2.45, 2.75) is 6.42 Å². The van der Waals surface area contributed by atoms with Crippen molar-refractivity contribution < 1.29 is 4.79 Å². The van der Waals surface area contributed by atoms with Crippen LogP contribution >= 0.6 is 11.3 Å². The summed E-state index contributed by atoms with van der Waals surface area (Å²) in [5.74, 6) is -0.0550. The van der Waals surface area contributed by atoms with Crippen LogP contribution in [-0.4, -0.2) is 12.5 Å². The fourth-order valence-corrected chi connectivity index (χ4v) is 3.03. The normalized spacial score (nSPS) is 10.3. The number of hydrogen-bond acceptors (Lipinski definition) is 3. The SMILES string of the molecule is O=C(NCCc1cccs1)c1ccccc1Nc1ccccc1. The first-order valence-corrected chi connectivity index (χ1v) is 8.42. The van der Waals surface area contributed by atoms with E-state index in [1.807, 2.05) is 60.7 Å². The predicted molar refractivity (Wildman–Crippen MR) is 96.5 cm³/mol. The molecule has 3 nitrogen and oxygen atoms in total. The van der Waals surface area contributed by atoms with Crippen molar-refractivity contribution in [2.24, 2.45) is 0 Å². The van der Waals surface area contributed by atoms with Crippen molar-refractivity contribution in [3.63, 3.8) is 0 Å². The van der Waals surface area contributed by atoms with Crippen LogP contribution in [0.3, 0.4) is 0 Å². The summed E-state index contributed by atoms with van der Waals surface area (Å²) in [4.78, 5) is 13.7. The summed E-state index contributed by atoms with van der Waals surface area (Å²) in [5, 5.41) is 8.34. The number of amides is 1. The third-order valence-electron chi connectivity index (χ3n) is 3.46. The van der Waals surface area contributed by atoms with Gasteiger partial charge in [0, 0.05) is 17.1 Å². The largest absolute Gasteiger partial charge is 0.355 e. The Morgan fingerprint density at radius 1 is 0.913 bits per heavy atom. The zero-order valence-electron chi connectivity index (χ0n) is 12.7. The molecule has 0 fully saturated rings. The van der Waals surface area contributed by atoms with E-state index in [1.165, 1.54) is 4.88 Å². The highest BCUT2D eigenvalue weighted by Gasteiger charge is 2.10. The van der Waals surface area contributed by atoms with Gasteiger partial charge in [0.15, 0.2) is 0 Å². The van der Waals surface area contributed by atoms with Crippen LogP contribution in [0.1, 0.15) is 15.2 Å². The molecule has 0 aliphatic heterocycles. The van der Waals surface area contributed by atoms with Gasteiger partial charge in [0.05, 0.1) is 11.3 Å². The molecule has 23 heavy (non-hydrogen) atoms. The van der Waals surface area contributed by atoms with Crippen LogP contribution in [0.5, 0.6) is 0 Å². The van der Waals surface area contributed by atoms with E-state index in [1.54, 1.807) is 11.3 Å². The summed E-state index contributed by atoms with van der Waals surface area (Å²) in [6.07, 6.45) is 0.859. The highest BCUT2D eigenvalue weighted by Crippen LogP contribution is 2.20. The average Bonchev–Trinajstić information content (AvgIpc) is 3.09. The molecule has 0 aliphatic rings. The lowest BCUT2D eigenvalue weighted by molar-refractivity contribution is 0.0955. The summed E-state index contributed by atoms with van der Waals surface area (Å²) in [6, 6.07) is 21.5. The fraction of sp³-hybridized carbons (Fsp3) is 0.105. The Morgan fingerprint density at radius 2 is 1.70 bits per heavy atom. The molecule has 116 valence electrons. The second kappa shape index (κ2) is 7.61. The fourth-order valence-electron chi connectivity index (χ4n) is 2.32. The van der Waals surface area contributed by atoms with Gasteiger partial charge in [-0.1, -0.05) is 36.4 Å². The van der Waals surface area contributed by atoms with E-state index >= 15 is 0 Å². The van der Waals surface area contributed by atoms with Crippen molar-refractivity contribution in [2.75, 3.05) is 11.9 Å². The van der Waals surface area contributed by atoms with E-state index in [-0.39, 0.29) is 5.91 Å². The summed E-state index contributed by atoms with van der Waals surface area (Å²) in [7, 11) is 0. The lowest BCUT2D eigenvalue weighted by Crippen LogP contribution is -2.26. The Bertz CT molecular complexity index is 754. The highest BCUT2D eigenvalue weighted by atomic mass is 32.1. The molecular formula is C19H18N2OS. The Morgan fingerprint density at radius 3 is 2.48 bits per heavy atom. The number of carbonyl (C=O) groups excluding carboxylic acids is 1. The molecule has 0 aliphatic carbocycles. The van der Waals surface area contributed by atoms with E-state index in [4.69, 9.17) is 0 Å². The maximum Gasteiger partial charge on any atom is 0.253 e. The number of carbonyl (C=O) groups is 1. The van der Waals surface area contributed by atoms with Gasteiger partial charge in [-0.05, 0) is 42.1 Å². The Balaban J connectivity index is 1.65. The molecule has 0 atom stereocenters. The second-order valence-electron chi connectivity index (χ2n) is 5.12. The number of thiophene rings is 1. The number of para-hydroxylation sites is 2. The molecule has 2 aromatic carbocycles. The third kappa shape index (κ3) is 4.20. The first kappa shape index (κ1) is 15.3. The summed E-state index contributed by atoms with van der Waals surface area (Å²) in [5.41, 5.74) is 2.43. The smallest absolute Gasteiger partial charge is 0.253 e. The van der Waals surface area contributed by atoms with E-state index in [2.05, 4.69) is 22.1 Å². The standard InChI is InChI=1S/C19H18N2OS/c22-19(20-13-12-16-9-6-14-23-16)17-10-4-5-11-18(17)21-15-7-2-1-3-8-15/h1-11,14,21H,12-13H2,(H,20,22). The zero-order chi connectivity index (χ0) is 15.9. The minimum absolute atomic E-state index is 0.0550. The van der Waals surface area contributed by atoms with Gasteiger partial charge < -0.3 is 10.6 Å². The minimum Gasteiger partial charge on any atom is -0.355 e. The molecule has 0 saturated heterocycles. The minimum atomic E-state index is -0.0550. The summed E-state index contributed by atoms with van der Waals surface area (Å²) in [6.45, 7) is 0.638. The van der Waals surface area contributed by atoms with Crippen molar-refractivity contribution in [3.8, 4) is 0 Å². The molecule has 3 aromatic rings. The molecule has 0 unspecified atom stereocenters. The van der Waals surface area contributed by atoms with Gasteiger partial charge in [0.1, 0.15) is 0 Å². The number of anilines is 2. The first-order valence-electron chi connectivity index (χ1n) is 7.54. The molecule has 0 saturated carbocycles.